The van der Waals surface area contributed by atoms with E-state index >= 15 is 0 Å². The number of rotatable bonds is 4. The molecule has 4 rings (SSSR count). The lowest BCUT2D eigenvalue weighted by Gasteiger charge is -2.39. The maximum absolute atomic E-state index is 13.0. The highest BCUT2D eigenvalue weighted by molar-refractivity contribution is 5.86. The van der Waals surface area contributed by atoms with Gasteiger partial charge >= 0.3 is 0 Å². The van der Waals surface area contributed by atoms with Crippen LogP contribution in [-0.2, 0) is 16.1 Å². The molecular formula is C18H27N5O2. The number of nitrogens with two attached hydrogens (primary N) is 1. The van der Waals surface area contributed by atoms with Crippen molar-refractivity contribution in [3.05, 3.63) is 11.8 Å². The van der Waals surface area contributed by atoms with E-state index in [1.165, 1.54) is 12.8 Å². The molecule has 7 nitrogen and oxygen atoms in total. The molecule has 2 amide bonds. The van der Waals surface area contributed by atoms with Crippen molar-refractivity contribution in [2.45, 2.75) is 45.6 Å². The highest BCUT2D eigenvalue weighted by atomic mass is 16.2. The van der Waals surface area contributed by atoms with Crippen LogP contribution < -0.4 is 5.73 Å². The summed E-state index contributed by atoms with van der Waals surface area (Å²) in [5.41, 5.74) is 6.34. The number of nitrogen functional groups attached to an aromatic ring is 1. The average molecular weight is 345 g/mol. The van der Waals surface area contributed by atoms with E-state index in [0.29, 0.717) is 24.8 Å². The first kappa shape index (κ1) is 16.4. The molecule has 1 spiro atoms. The fourth-order valence-electron chi connectivity index (χ4n) is 4.32. The standard InChI is InChI=1S/C18H27N5O2/c1-13-9-15(19)23(20-13)11-16(24)22-8-6-18(12-22)5-2-7-21(17(18)25)10-14-3-4-14/h9,14H,2-8,10-12,19H2,1H3. The molecule has 1 atom stereocenters. The number of carbonyl (C=O) groups excluding carboxylic acids is 2. The fraction of sp³-hybridized carbons (Fsp3) is 0.722. The number of piperidine rings is 1. The van der Waals surface area contributed by atoms with Crippen LogP contribution in [-0.4, -0.2) is 57.6 Å². The third-order valence-corrected chi connectivity index (χ3v) is 5.92. The third-order valence-electron chi connectivity index (χ3n) is 5.92. The minimum Gasteiger partial charge on any atom is -0.384 e. The maximum Gasteiger partial charge on any atom is 0.244 e. The van der Waals surface area contributed by atoms with E-state index in [0.717, 1.165) is 38.0 Å². The summed E-state index contributed by atoms with van der Waals surface area (Å²) in [4.78, 5) is 29.6. The van der Waals surface area contributed by atoms with Gasteiger partial charge in [-0.25, -0.2) is 4.68 Å². The quantitative estimate of drug-likeness (QED) is 0.883. The minimum absolute atomic E-state index is 0.00112. The largest absolute Gasteiger partial charge is 0.384 e. The van der Waals surface area contributed by atoms with Crippen molar-refractivity contribution in [1.29, 1.82) is 0 Å². The second-order valence-electron chi connectivity index (χ2n) is 8.01. The summed E-state index contributed by atoms with van der Waals surface area (Å²) < 4.78 is 1.55. The summed E-state index contributed by atoms with van der Waals surface area (Å²) in [7, 11) is 0. The van der Waals surface area contributed by atoms with E-state index < -0.39 is 0 Å². The Kier molecular flexibility index (Phi) is 3.96. The van der Waals surface area contributed by atoms with Crippen molar-refractivity contribution in [2.75, 3.05) is 31.9 Å². The molecule has 1 unspecified atom stereocenters. The summed E-state index contributed by atoms with van der Waals surface area (Å²) in [6, 6.07) is 1.76. The number of carbonyl (C=O) groups is 2. The first-order valence-corrected chi connectivity index (χ1v) is 9.34. The monoisotopic (exact) mass is 345 g/mol. The van der Waals surface area contributed by atoms with Crippen LogP contribution in [0.3, 0.4) is 0 Å². The second-order valence-corrected chi connectivity index (χ2v) is 8.01. The Hall–Kier alpha value is -2.05. The second kappa shape index (κ2) is 6.04. The number of nitrogens with zero attached hydrogens (tertiary/aromatic N) is 4. The Morgan fingerprint density at radius 3 is 2.84 bits per heavy atom. The van der Waals surface area contributed by atoms with E-state index in [4.69, 9.17) is 5.73 Å². The molecule has 2 aliphatic heterocycles. The van der Waals surface area contributed by atoms with Gasteiger partial charge in [0.1, 0.15) is 12.4 Å². The van der Waals surface area contributed by atoms with E-state index in [-0.39, 0.29) is 23.8 Å². The van der Waals surface area contributed by atoms with Gasteiger partial charge in [0.25, 0.3) is 0 Å². The molecule has 136 valence electrons. The minimum atomic E-state index is -0.353. The van der Waals surface area contributed by atoms with Crippen molar-refractivity contribution in [1.82, 2.24) is 19.6 Å². The van der Waals surface area contributed by atoms with Crippen molar-refractivity contribution < 1.29 is 9.59 Å². The number of hydrogen-bond donors (Lipinski definition) is 1. The predicted molar refractivity (Wildman–Crippen MR) is 93.5 cm³/mol. The van der Waals surface area contributed by atoms with E-state index in [1.54, 1.807) is 10.7 Å². The molecule has 1 aliphatic carbocycles. The van der Waals surface area contributed by atoms with Crippen LogP contribution in [0.2, 0.25) is 0 Å². The Labute approximate surface area is 148 Å². The molecule has 2 saturated heterocycles. The lowest BCUT2D eigenvalue weighted by molar-refractivity contribution is -0.146. The predicted octanol–water partition coefficient (Wildman–Crippen LogP) is 1.02. The van der Waals surface area contributed by atoms with Gasteiger partial charge in [-0.05, 0) is 44.9 Å². The first-order chi connectivity index (χ1) is 12.0. The van der Waals surface area contributed by atoms with Gasteiger partial charge in [0.05, 0.1) is 11.1 Å². The Balaban J connectivity index is 1.41. The molecule has 1 aromatic rings. The van der Waals surface area contributed by atoms with Crippen LogP contribution in [0, 0.1) is 18.3 Å². The molecule has 3 heterocycles. The van der Waals surface area contributed by atoms with Gasteiger partial charge in [0.15, 0.2) is 0 Å². The van der Waals surface area contributed by atoms with Crippen molar-refractivity contribution in [3.8, 4) is 0 Å². The average Bonchev–Trinajstić information content (AvgIpc) is 3.19. The van der Waals surface area contributed by atoms with Gasteiger partial charge in [-0.1, -0.05) is 0 Å². The van der Waals surface area contributed by atoms with Gasteiger partial charge in [-0.3, -0.25) is 9.59 Å². The number of amides is 2. The molecule has 1 saturated carbocycles. The first-order valence-electron chi connectivity index (χ1n) is 9.34. The van der Waals surface area contributed by atoms with Crippen LogP contribution in [0.4, 0.5) is 5.82 Å². The summed E-state index contributed by atoms with van der Waals surface area (Å²) in [6.45, 7) is 5.01. The number of hydrogen-bond acceptors (Lipinski definition) is 4. The number of aromatic nitrogens is 2. The fourth-order valence-corrected chi connectivity index (χ4v) is 4.32. The van der Waals surface area contributed by atoms with Gasteiger partial charge in [-0.2, -0.15) is 5.10 Å². The van der Waals surface area contributed by atoms with Crippen molar-refractivity contribution in [2.24, 2.45) is 11.3 Å². The zero-order valence-corrected chi connectivity index (χ0v) is 14.9. The zero-order valence-electron chi connectivity index (χ0n) is 14.9. The van der Waals surface area contributed by atoms with E-state index in [2.05, 4.69) is 10.00 Å². The Bertz CT molecular complexity index is 696. The van der Waals surface area contributed by atoms with Crippen LogP contribution >= 0.6 is 0 Å². The number of aryl methyl sites for hydroxylation is 1. The van der Waals surface area contributed by atoms with Crippen LogP contribution in [0.25, 0.3) is 0 Å². The van der Waals surface area contributed by atoms with E-state index in [1.807, 2.05) is 11.8 Å². The molecule has 7 heteroatoms. The molecule has 3 fully saturated rings. The summed E-state index contributed by atoms with van der Waals surface area (Å²) in [5, 5.41) is 4.26. The number of likely N-dealkylation sites (tertiary alicyclic amines) is 2. The van der Waals surface area contributed by atoms with Crippen LogP contribution in [0.15, 0.2) is 6.07 Å². The maximum atomic E-state index is 13.0. The van der Waals surface area contributed by atoms with Gasteiger partial charge in [0.2, 0.25) is 11.8 Å². The third kappa shape index (κ3) is 3.12. The summed E-state index contributed by atoms with van der Waals surface area (Å²) in [5.74, 6) is 1.49. The van der Waals surface area contributed by atoms with Gasteiger partial charge in [0, 0.05) is 32.2 Å². The molecule has 0 aromatic carbocycles. The lowest BCUT2D eigenvalue weighted by atomic mass is 9.78. The molecule has 0 radical (unpaired) electrons. The normalized spacial score (nSPS) is 26.7. The summed E-state index contributed by atoms with van der Waals surface area (Å²) >= 11 is 0. The lowest BCUT2D eigenvalue weighted by Crippen LogP contribution is -2.51. The van der Waals surface area contributed by atoms with Crippen molar-refractivity contribution in [3.63, 3.8) is 0 Å². The van der Waals surface area contributed by atoms with Gasteiger partial charge in [-0.15, -0.1) is 0 Å². The molecule has 0 bridgehead atoms. The SMILES string of the molecule is Cc1cc(N)n(CC(=O)N2CCC3(CCCN(CC4CC4)C3=O)C2)n1. The highest BCUT2D eigenvalue weighted by Gasteiger charge is 2.49. The smallest absolute Gasteiger partial charge is 0.244 e. The van der Waals surface area contributed by atoms with Crippen molar-refractivity contribution >= 4 is 17.6 Å². The Morgan fingerprint density at radius 2 is 2.16 bits per heavy atom. The highest BCUT2D eigenvalue weighted by Crippen LogP contribution is 2.41. The molecular weight excluding hydrogens is 318 g/mol. The molecule has 3 aliphatic rings. The molecule has 25 heavy (non-hydrogen) atoms. The zero-order chi connectivity index (χ0) is 17.6. The number of anilines is 1. The molecule has 1 aromatic heterocycles. The van der Waals surface area contributed by atoms with Crippen LogP contribution in [0.1, 0.15) is 37.8 Å². The Morgan fingerprint density at radius 1 is 1.36 bits per heavy atom. The van der Waals surface area contributed by atoms with Gasteiger partial charge < -0.3 is 15.5 Å². The summed E-state index contributed by atoms with van der Waals surface area (Å²) in [6.07, 6.45) is 5.25. The molecule has 2 N–H and O–H groups in total. The van der Waals surface area contributed by atoms with Crippen LogP contribution in [0.5, 0.6) is 0 Å². The topological polar surface area (TPSA) is 84.5 Å². The van der Waals surface area contributed by atoms with E-state index in [9.17, 15) is 9.59 Å².